The van der Waals surface area contributed by atoms with E-state index < -0.39 is 4.92 Å². The van der Waals surface area contributed by atoms with Gasteiger partial charge in [0.2, 0.25) is 0 Å². The van der Waals surface area contributed by atoms with Crippen LogP contribution >= 0.6 is 0 Å². The lowest BCUT2D eigenvalue weighted by molar-refractivity contribution is -0.384. The fourth-order valence-corrected chi connectivity index (χ4v) is 1.20. The Morgan fingerprint density at radius 3 is 2.53 bits per heavy atom. The lowest BCUT2D eigenvalue weighted by atomic mass is 10.2. The Morgan fingerprint density at radius 2 is 2.00 bits per heavy atom. The molecule has 0 fully saturated rings. The summed E-state index contributed by atoms with van der Waals surface area (Å²) >= 11 is 0. The molecule has 0 aliphatic rings. The van der Waals surface area contributed by atoms with Crippen LogP contribution in [0.5, 0.6) is 0 Å². The Morgan fingerprint density at radius 1 is 1.33 bits per heavy atom. The number of hydrogen-bond acceptors (Lipinski definition) is 4. The van der Waals surface area contributed by atoms with Crippen LogP contribution in [0.1, 0.15) is 12.0 Å². The van der Waals surface area contributed by atoms with Crippen LogP contribution in [0.4, 0.5) is 5.69 Å². The van der Waals surface area contributed by atoms with Crippen LogP contribution < -0.4 is 11.1 Å². The first-order valence-corrected chi connectivity index (χ1v) is 4.88. The van der Waals surface area contributed by atoms with Crippen LogP contribution in [0.2, 0.25) is 0 Å². The first-order chi connectivity index (χ1) is 7.24. The molecule has 15 heavy (non-hydrogen) atoms. The molecule has 0 aliphatic carbocycles. The highest BCUT2D eigenvalue weighted by Crippen LogP contribution is 2.11. The second-order valence-corrected chi connectivity index (χ2v) is 3.24. The van der Waals surface area contributed by atoms with Crippen molar-refractivity contribution in [3.8, 4) is 0 Å². The van der Waals surface area contributed by atoms with Crippen molar-refractivity contribution in [3.05, 3.63) is 39.9 Å². The van der Waals surface area contributed by atoms with Crippen molar-refractivity contribution in [1.82, 2.24) is 5.32 Å². The molecule has 1 aromatic carbocycles. The van der Waals surface area contributed by atoms with Crippen molar-refractivity contribution < 1.29 is 4.92 Å². The fraction of sp³-hybridized carbons (Fsp3) is 0.400. The van der Waals surface area contributed by atoms with Gasteiger partial charge in [-0.2, -0.15) is 0 Å². The minimum absolute atomic E-state index is 0.126. The minimum Gasteiger partial charge on any atom is -0.330 e. The van der Waals surface area contributed by atoms with Gasteiger partial charge in [-0.05, 0) is 25.1 Å². The summed E-state index contributed by atoms with van der Waals surface area (Å²) < 4.78 is 0. The average molecular weight is 209 g/mol. The summed E-state index contributed by atoms with van der Waals surface area (Å²) in [4.78, 5) is 9.99. The zero-order valence-electron chi connectivity index (χ0n) is 8.48. The SMILES string of the molecule is NCCCNCc1ccc([N+](=O)[O-])cc1. The van der Waals surface area contributed by atoms with Gasteiger partial charge in [-0.3, -0.25) is 10.1 Å². The van der Waals surface area contributed by atoms with Crippen LogP contribution in [-0.2, 0) is 6.54 Å². The van der Waals surface area contributed by atoms with Gasteiger partial charge in [-0.1, -0.05) is 12.1 Å². The molecular formula is C10H15N3O2. The Hall–Kier alpha value is -1.46. The molecule has 0 spiro atoms. The van der Waals surface area contributed by atoms with E-state index in [0.717, 1.165) is 25.1 Å². The third-order valence-corrected chi connectivity index (χ3v) is 2.03. The number of nitrogens with one attached hydrogen (secondary N) is 1. The van der Waals surface area contributed by atoms with Crippen molar-refractivity contribution in [1.29, 1.82) is 0 Å². The smallest absolute Gasteiger partial charge is 0.269 e. The summed E-state index contributed by atoms with van der Waals surface area (Å²) in [6, 6.07) is 6.54. The van der Waals surface area contributed by atoms with E-state index in [1.54, 1.807) is 12.1 Å². The molecule has 5 heteroatoms. The standard InChI is InChI=1S/C10H15N3O2/c11-6-1-7-12-8-9-2-4-10(5-3-9)13(14)15/h2-5,12H,1,6-8,11H2. The number of nitrogens with zero attached hydrogens (tertiary/aromatic N) is 1. The van der Waals surface area contributed by atoms with E-state index in [2.05, 4.69) is 5.32 Å². The largest absolute Gasteiger partial charge is 0.330 e. The summed E-state index contributed by atoms with van der Waals surface area (Å²) in [6.45, 7) is 2.26. The predicted molar refractivity (Wildman–Crippen MR) is 58.5 cm³/mol. The van der Waals surface area contributed by atoms with Crippen molar-refractivity contribution in [2.24, 2.45) is 5.73 Å². The summed E-state index contributed by atoms with van der Waals surface area (Å²) in [7, 11) is 0. The highest BCUT2D eigenvalue weighted by Gasteiger charge is 2.02. The highest BCUT2D eigenvalue weighted by atomic mass is 16.6. The maximum atomic E-state index is 10.4. The monoisotopic (exact) mass is 209 g/mol. The van der Waals surface area contributed by atoms with Crippen LogP contribution in [0, 0.1) is 10.1 Å². The van der Waals surface area contributed by atoms with Crippen molar-refractivity contribution in [3.63, 3.8) is 0 Å². The summed E-state index contributed by atoms with van der Waals surface area (Å²) in [6.07, 6.45) is 0.937. The van der Waals surface area contributed by atoms with E-state index >= 15 is 0 Å². The molecule has 0 radical (unpaired) electrons. The number of non-ortho nitro benzene ring substituents is 1. The molecule has 3 N–H and O–H groups in total. The number of nitro groups is 1. The second-order valence-electron chi connectivity index (χ2n) is 3.24. The number of nitrogens with two attached hydrogens (primary N) is 1. The molecule has 0 saturated carbocycles. The molecule has 0 saturated heterocycles. The quantitative estimate of drug-likeness (QED) is 0.416. The Bertz CT molecular complexity index is 311. The van der Waals surface area contributed by atoms with E-state index in [1.807, 2.05) is 0 Å². The van der Waals surface area contributed by atoms with Gasteiger partial charge < -0.3 is 11.1 Å². The highest BCUT2D eigenvalue weighted by molar-refractivity contribution is 5.32. The average Bonchev–Trinajstić information content (AvgIpc) is 2.25. The summed E-state index contributed by atoms with van der Waals surface area (Å²) in [5, 5.41) is 13.6. The van der Waals surface area contributed by atoms with Gasteiger partial charge in [0.05, 0.1) is 4.92 Å². The summed E-state index contributed by atoms with van der Waals surface area (Å²) in [5.41, 5.74) is 6.51. The van der Waals surface area contributed by atoms with E-state index in [9.17, 15) is 10.1 Å². The Kier molecular flexibility index (Phi) is 4.73. The maximum Gasteiger partial charge on any atom is 0.269 e. The molecule has 0 bridgehead atoms. The lowest BCUT2D eigenvalue weighted by Gasteiger charge is -2.03. The Labute approximate surface area is 88.4 Å². The van der Waals surface area contributed by atoms with Gasteiger partial charge in [-0.25, -0.2) is 0 Å². The van der Waals surface area contributed by atoms with Crippen molar-refractivity contribution in [2.75, 3.05) is 13.1 Å². The van der Waals surface area contributed by atoms with Crippen LogP contribution in [0.25, 0.3) is 0 Å². The molecule has 0 aliphatic heterocycles. The topological polar surface area (TPSA) is 81.2 Å². The first-order valence-electron chi connectivity index (χ1n) is 4.88. The molecule has 5 nitrogen and oxygen atoms in total. The summed E-state index contributed by atoms with van der Waals surface area (Å²) in [5.74, 6) is 0. The van der Waals surface area contributed by atoms with Crippen LogP contribution in [-0.4, -0.2) is 18.0 Å². The van der Waals surface area contributed by atoms with Gasteiger partial charge in [0, 0.05) is 18.7 Å². The number of nitro benzene ring substituents is 1. The number of hydrogen-bond donors (Lipinski definition) is 2. The van der Waals surface area contributed by atoms with Crippen LogP contribution in [0.3, 0.4) is 0 Å². The fourth-order valence-electron chi connectivity index (χ4n) is 1.20. The van der Waals surface area contributed by atoms with Gasteiger partial charge in [0.1, 0.15) is 0 Å². The molecule has 0 amide bonds. The number of benzene rings is 1. The predicted octanol–water partition coefficient (Wildman–Crippen LogP) is 1.03. The molecular weight excluding hydrogens is 194 g/mol. The molecule has 0 atom stereocenters. The van der Waals surface area contributed by atoms with Crippen molar-refractivity contribution >= 4 is 5.69 Å². The first kappa shape index (κ1) is 11.6. The molecule has 82 valence electrons. The lowest BCUT2D eigenvalue weighted by Crippen LogP contribution is -2.17. The third-order valence-electron chi connectivity index (χ3n) is 2.03. The third kappa shape index (κ3) is 4.05. The Balaban J connectivity index is 2.39. The molecule has 0 aromatic heterocycles. The van der Waals surface area contributed by atoms with Crippen LogP contribution in [0.15, 0.2) is 24.3 Å². The molecule has 1 aromatic rings. The zero-order valence-corrected chi connectivity index (χ0v) is 8.48. The van der Waals surface area contributed by atoms with E-state index in [4.69, 9.17) is 5.73 Å². The second kappa shape index (κ2) is 6.10. The zero-order chi connectivity index (χ0) is 11.1. The maximum absolute atomic E-state index is 10.4. The van der Waals surface area contributed by atoms with Gasteiger partial charge in [0.15, 0.2) is 0 Å². The van der Waals surface area contributed by atoms with Gasteiger partial charge in [-0.15, -0.1) is 0 Å². The normalized spacial score (nSPS) is 10.2. The molecule has 1 rings (SSSR count). The molecule has 0 unspecified atom stereocenters. The van der Waals surface area contributed by atoms with E-state index in [-0.39, 0.29) is 5.69 Å². The van der Waals surface area contributed by atoms with Gasteiger partial charge >= 0.3 is 0 Å². The number of rotatable bonds is 6. The van der Waals surface area contributed by atoms with E-state index in [0.29, 0.717) is 6.54 Å². The van der Waals surface area contributed by atoms with E-state index in [1.165, 1.54) is 12.1 Å². The molecule has 0 heterocycles. The van der Waals surface area contributed by atoms with Crippen molar-refractivity contribution in [2.45, 2.75) is 13.0 Å². The van der Waals surface area contributed by atoms with Gasteiger partial charge in [0.25, 0.3) is 5.69 Å². The minimum atomic E-state index is -0.397.